The molecule has 3 N–H and O–H groups in total. The summed E-state index contributed by atoms with van der Waals surface area (Å²) in [7, 11) is -3.39. The molecule has 0 aliphatic carbocycles. The third kappa shape index (κ3) is 3.63. The highest BCUT2D eigenvalue weighted by atomic mass is 32.2. The maximum Gasteiger partial charge on any atom is 0.275 e. The number of benzene rings is 1. The third-order valence-corrected chi connectivity index (χ3v) is 4.79. The standard InChI is InChI=1S/C13H16FN5O4S/c1-24(22,23)10-4-2-9(3-5-10)13(21)11(6-14)19(7-12(15)20)8-16-17-18-19/h2-5,8,11,13,21H,6-7H2,1H3,(H-,15,20)/p+1/t11-,13+,19?/m1/s1. The number of nitrogens with two attached hydrogens (primary N) is 1. The van der Waals surface area contributed by atoms with E-state index < -0.39 is 45.7 Å². The van der Waals surface area contributed by atoms with Crippen molar-refractivity contribution in [1.29, 1.82) is 0 Å². The fourth-order valence-electron chi connectivity index (χ4n) is 2.41. The highest BCUT2D eigenvalue weighted by Gasteiger charge is 2.46. The Morgan fingerprint density at radius 1 is 1.38 bits per heavy atom. The summed E-state index contributed by atoms with van der Waals surface area (Å²) in [6.45, 7) is -1.45. The monoisotopic (exact) mass is 358 g/mol. The fourth-order valence-corrected chi connectivity index (χ4v) is 3.04. The van der Waals surface area contributed by atoms with E-state index in [2.05, 4.69) is 15.5 Å². The number of aliphatic hydroxyl groups is 1. The summed E-state index contributed by atoms with van der Waals surface area (Å²) < 4.78 is 35.9. The summed E-state index contributed by atoms with van der Waals surface area (Å²) in [6, 6.07) is 4.14. The van der Waals surface area contributed by atoms with Crippen LogP contribution < -0.4 is 5.73 Å². The smallest absolute Gasteiger partial charge is 0.275 e. The van der Waals surface area contributed by atoms with Crippen molar-refractivity contribution in [3.8, 4) is 0 Å². The van der Waals surface area contributed by atoms with Crippen molar-refractivity contribution >= 4 is 22.1 Å². The minimum atomic E-state index is -3.39. The summed E-state index contributed by atoms with van der Waals surface area (Å²) in [5.74, 6) is -0.764. The summed E-state index contributed by atoms with van der Waals surface area (Å²) >= 11 is 0. The highest BCUT2D eigenvalue weighted by Crippen LogP contribution is 2.29. The van der Waals surface area contributed by atoms with E-state index in [1.807, 2.05) is 0 Å². The molecule has 9 nitrogen and oxygen atoms in total. The molecule has 1 amide bonds. The van der Waals surface area contributed by atoms with Crippen molar-refractivity contribution in [2.45, 2.75) is 17.0 Å². The average Bonchev–Trinajstić information content (AvgIpc) is 2.95. The molecule has 1 heterocycles. The Hall–Kier alpha value is -2.24. The van der Waals surface area contributed by atoms with Crippen molar-refractivity contribution in [3.05, 3.63) is 29.8 Å². The predicted octanol–water partition coefficient (Wildman–Crippen LogP) is 0.0878. The molecule has 2 rings (SSSR count). The molecular formula is C13H17FN5O4S+. The molecule has 0 spiro atoms. The topological polar surface area (TPSA) is 135 Å². The zero-order valence-corrected chi connectivity index (χ0v) is 13.6. The van der Waals surface area contributed by atoms with E-state index in [-0.39, 0.29) is 10.5 Å². The first-order chi connectivity index (χ1) is 11.2. The first-order valence-corrected chi connectivity index (χ1v) is 8.75. The van der Waals surface area contributed by atoms with Crippen molar-refractivity contribution < 1.29 is 27.3 Å². The van der Waals surface area contributed by atoms with E-state index in [1.165, 1.54) is 24.3 Å². The van der Waals surface area contributed by atoms with E-state index >= 15 is 0 Å². The molecule has 1 unspecified atom stereocenters. The molecule has 1 aliphatic rings. The highest BCUT2D eigenvalue weighted by molar-refractivity contribution is 7.90. The second-order valence-corrected chi connectivity index (χ2v) is 7.44. The SMILES string of the molecule is CS(=O)(=O)c1ccc([C@H](O)[C@@H](CF)[N+]2(CC(N)=O)C=NN=N2)cc1. The van der Waals surface area contributed by atoms with E-state index in [0.717, 1.165) is 12.6 Å². The number of alkyl halides is 1. The van der Waals surface area contributed by atoms with Gasteiger partial charge in [-0.05, 0) is 17.7 Å². The van der Waals surface area contributed by atoms with Gasteiger partial charge in [-0.2, -0.15) is 0 Å². The summed E-state index contributed by atoms with van der Waals surface area (Å²) in [4.78, 5) is 11.3. The lowest BCUT2D eigenvalue weighted by atomic mass is 10.0. The molecule has 0 saturated heterocycles. The van der Waals surface area contributed by atoms with Crippen LogP contribution in [0, 0.1) is 0 Å². The number of rotatable bonds is 7. The van der Waals surface area contributed by atoms with Crippen LogP contribution in [-0.4, -0.2) is 55.9 Å². The van der Waals surface area contributed by atoms with Crippen molar-refractivity contribution in [2.24, 2.45) is 21.3 Å². The number of primary amides is 1. The van der Waals surface area contributed by atoms with Gasteiger partial charge in [-0.25, -0.2) is 12.8 Å². The molecule has 0 bridgehead atoms. The fraction of sp³-hybridized carbons (Fsp3) is 0.385. The normalized spacial score (nSPS) is 22.5. The quantitative estimate of drug-likeness (QED) is 0.668. The van der Waals surface area contributed by atoms with Gasteiger partial charge < -0.3 is 10.8 Å². The van der Waals surface area contributed by atoms with Gasteiger partial charge in [-0.1, -0.05) is 17.2 Å². The van der Waals surface area contributed by atoms with Crippen molar-refractivity contribution in [2.75, 3.05) is 19.5 Å². The van der Waals surface area contributed by atoms with Crippen LogP contribution >= 0.6 is 0 Å². The number of quaternary nitrogens is 1. The van der Waals surface area contributed by atoms with E-state index in [4.69, 9.17) is 5.73 Å². The molecule has 1 aromatic carbocycles. The van der Waals surface area contributed by atoms with Crippen molar-refractivity contribution in [3.63, 3.8) is 0 Å². The molecule has 1 aromatic rings. The van der Waals surface area contributed by atoms with E-state index in [1.54, 1.807) is 0 Å². The molecule has 1 aliphatic heterocycles. The Morgan fingerprint density at radius 3 is 2.42 bits per heavy atom. The summed E-state index contributed by atoms with van der Waals surface area (Å²) in [6.07, 6.45) is 0.798. The lowest BCUT2D eigenvalue weighted by Crippen LogP contribution is -2.56. The Morgan fingerprint density at radius 2 is 2.00 bits per heavy atom. The maximum absolute atomic E-state index is 13.6. The van der Waals surface area contributed by atoms with E-state index in [9.17, 15) is 22.7 Å². The van der Waals surface area contributed by atoms with Gasteiger partial charge in [0.25, 0.3) is 5.91 Å². The van der Waals surface area contributed by atoms with Crippen LogP contribution in [0.25, 0.3) is 0 Å². The lowest BCUT2D eigenvalue weighted by molar-refractivity contribution is -0.866. The molecule has 3 atom stereocenters. The van der Waals surface area contributed by atoms with Crippen LogP contribution in [0.3, 0.4) is 0 Å². The second-order valence-electron chi connectivity index (χ2n) is 5.43. The first kappa shape index (κ1) is 18.1. The summed E-state index contributed by atoms with van der Waals surface area (Å²) in [5.41, 5.74) is 5.43. The Bertz CT molecular complexity index is 766. The number of carbonyl (C=O) groups excluding carboxylic acids is 1. The molecule has 0 saturated carbocycles. The van der Waals surface area contributed by atoms with Gasteiger partial charge >= 0.3 is 0 Å². The Balaban J connectivity index is 2.34. The maximum atomic E-state index is 13.6. The largest absolute Gasteiger partial charge is 0.382 e. The van der Waals surface area contributed by atoms with Gasteiger partial charge in [0.05, 0.1) is 10.1 Å². The zero-order valence-electron chi connectivity index (χ0n) is 12.8. The number of carbonyl (C=O) groups is 1. The van der Waals surface area contributed by atoms with Gasteiger partial charge in [-0.15, -0.1) is 4.59 Å². The Labute approximate surface area is 137 Å². The number of amides is 1. The number of hydrogen-bond acceptors (Lipinski definition) is 7. The Kier molecular flexibility index (Phi) is 5.06. The number of sulfone groups is 1. The second kappa shape index (κ2) is 6.71. The molecule has 0 radical (unpaired) electrons. The predicted molar refractivity (Wildman–Crippen MR) is 81.9 cm³/mol. The van der Waals surface area contributed by atoms with Crippen LogP contribution in [0.5, 0.6) is 0 Å². The van der Waals surface area contributed by atoms with Gasteiger partial charge in [0.15, 0.2) is 22.4 Å². The number of nitrogens with zero attached hydrogens (tertiary/aromatic N) is 4. The number of aliphatic hydroxyl groups excluding tert-OH is 1. The lowest BCUT2D eigenvalue weighted by Gasteiger charge is -2.31. The number of hydrogen-bond donors (Lipinski definition) is 2. The molecule has 130 valence electrons. The van der Waals surface area contributed by atoms with Gasteiger partial charge in [-0.3, -0.25) is 4.79 Å². The molecule has 24 heavy (non-hydrogen) atoms. The van der Waals surface area contributed by atoms with Crippen molar-refractivity contribution in [1.82, 2.24) is 0 Å². The average molecular weight is 358 g/mol. The first-order valence-electron chi connectivity index (χ1n) is 6.86. The van der Waals surface area contributed by atoms with Crippen LogP contribution in [0.1, 0.15) is 11.7 Å². The third-order valence-electron chi connectivity index (χ3n) is 3.67. The molecule has 11 heteroatoms. The molecule has 0 fully saturated rings. The van der Waals surface area contributed by atoms with Gasteiger partial charge in [0.2, 0.25) is 6.34 Å². The van der Waals surface area contributed by atoms with Crippen LogP contribution in [0.4, 0.5) is 4.39 Å². The van der Waals surface area contributed by atoms with Gasteiger partial charge in [0.1, 0.15) is 12.8 Å². The molecular weight excluding hydrogens is 341 g/mol. The molecule has 0 aromatic heterocycles. The summed E-state index contributed by atoms with van der Waals surface area (Å²) in [5, 5.41) is 21.1. The van der Waals surface area contributed by atoms with Crippen LogP contribution in [0.2, 0.25) is 0 Å². The van der Waals surface area contributed by atoms with E-state index in [0.29, 0.717) is 0 Å². The zero-order chi connectivity index (χ0) is 18.0. The van der Waals surface area contributed by atoms with Crippen LogP contribution in [0.15, 0.2) is 44.7 Å². The van der Waals surface area contributed by atoms with Gasteiger partial charge in [0, 0.05) is 11.5 Å². The minimum absolute atomic E-state index is 0.0682. The number of halogens is 1. The minimum Gasteiger partial charge on any atom is -0.382 e. The van der Waals surface area contributed by atoms with Crippen LogP contribution in [-0.2, 0) is 14.6 Å².